The van der Waals surface area contributed by atoms with Crippen molar-refractivity contribution in [1.29, 1.82) is 0 Å². The molecule has 3 nitrogen and oxygen atoms in total. The molecule has 106 valence electrons. The fourth-order valence-electron chi connectivity index (χ4n) is 2.88. The van der Waals surface area contributed by atoms with Crippen LogP contribution in [-0.4, -0.2) is 36.1 Å². The largest absolute Gasteiger partial charge is 0.481 e. The van der Waals surface area contributed by atoms with E-state index in [2.05, 4.69) is 11.9 Å². The third kappa shape index (κ3) is 5.38. The summed E-state index contributed by atoms with van der Waals surface area (Å²) in [6, 6.07) is 0. The van der Waals surface area contributed by atoms with Crippen molar-refractivity contribution in [2.45, 2.75) is 52.4 Å². The number of nitrogens with zero attached hydrogens (tertiary/aromatic N) is 1. The van der Waals surface area contributed by atoms with E-state index in [9.17, 15) is 9.90 Å². The molecule has 1 atom stereocenters. The zero-order valence-electron chi connectivity index (χ0n) is 12.2. The summed E-state index contributed by atoms with van der Waals surface area (Å²) in [6.45, 7) is 5.71. The quantitative estimate of drug-likeness (QED) is 0.759. The van der Waals surface area contributed by atoms with Crippen molar-refractivity contribution < 1.29 is 9.90 Å². The molecule has 0 heterocycles. The Morgan fingerprint density at radius 3 is 2.39 bits per heavy atom. The SMILES string of the molecule is CC(C)C(CN(C)CCC1CCCCC1)C(=O)O. The van der Waals surface area contributed by atoms with E-state index in [0.29, 0.717) is 6.54 Å². The van der Waals surface area contributed by atoms with Gasteiger partial charge in [0.1, 0.15) is 0 Å². The van der Waals surface area contributed by atoms with Gasteiger partial charge in [0.05, 0.1) is 5.92 Å². The van der Waals surface area contributed by atoms with Crippen molar-refractivity contribution in [3.05, 3.63) is 0 Å². The van der Waals surface area contributed by atoms with Crippen LogP contribution in [0.2, 0.25) is 0 Å². The fraction of sp³-hybridized carbons (Fsp3) is 0.933. The fourth-order valence-corrected chi connectivity index (χ4v) is 2.88. The average molecular weight is 255 g/mol. The molecule has 1 aliphatic carbocycles. The smallest absolute Gasteiger partial charge is 0.308 e. The van der Waals surface area contributed by atoms with Gasteiger partial charge in [-0.1, -0.05) is 46.0 Å². The normalized spacial score (nSPS) is 19.4. The lowest BCUT2D eigenvalue weighted by atomic mass is 9.87. The van der Waals surface area contributed by atoms with Crippen LogP contribution in [0.1, 0.15) is 52.4 Å². The van der Waals surface area contributed by atoms with E-state index in [0.717, 1.165) is 12.5 Å². The molecule has 1 fully saturated rings. The molecule has 1 unspecified atom stereocenters. The van der Waals surface area contributed by atoms with Crippen molar-refractivity contribution in [2.75, 3.05) is 20.1 Å². The number of hydrogen-bond acceptors (Lipinski definition) is 2. The number of rotatable bonds is 7. The lowest BCUT2D eigenvalue weighted by molar-refractivity contribution is -0.143. The van der Waals surface area contributed by atoms with Gasteiger partial charge in [0.15, 0.2) is 0 Å². The molecular formula is C15H29NO2. The average Bonchev–Trinajstić information content (AvgIpc) is 2.34. The molecule has 1 N–H and O–H groups in total. The summed E-state index contributed by atoms with van der Waals surface area (Å²) in [6.07, 6.45) is 8.17. The minimum atomic E-state index is -0.658. The molecular weight excluding hydrogens is 226 g/mol. The summed E-state index contributed by atoms with van der Waals surface area (Å²) in [5.74, 6) is 0.194. The van der Waals surface area contributed by atoms with E-state index >= 15 is 0 Å². The van der Waals surface area contributed by atoms with Gasteiger partial charge in [-0.25, -0.2) is 0 Å². The Morgan fingerprint density at radius 1 is 1.28 bits per heavy atom. The van der Waals surface area contributed by atoms with Crippen LogP contribution in [0.4, 0.5) is 0 Å². The Hall–Kier alpha value is -0.570. The Balaban J connectivity index is 2.26. The van der Waals surface area contributed by atoms with E-state index in [1.165, 1.54) is 38.5 Å². The van der Waals surface area contributed by atoms with Crippen LogP contribution in [0.25, 0.3) is 0 Å². The van der Waals surface area contributed by atoms with Crippen LogP contribution in [0.3, 0.4) is 0 Å². The summed E-state index contributed by atoms with van der Waals surface area (Å²) in [5, 5.41) is 9.18. The van der Waals surface area contributed by atoms with Crippen LogP contribution >= 0.6 is 0 Å². The number of carboxylic acid groups (broad SMARTS) is 1. The molecule has 0 amide bonds. The van der Waals surface area contributed by atoms with Crippen molar-refractivity contribution in [1.82, 2.24) is 4.90 Å². The van der Waals surface area contributed by atoms with Gasteiger partial charge in [-0.05, 0) is 31.8 Å². The second-order valence-corrected chi connectivity index (χ2v) is 6.24. The van der Waals surface area contributed by atoms with Crippen molar-refractivity contribution >= 4 is 5.97 Å². The molecule has 1 aliphatic rings. The van der Waals surface area contributed by atoms with Gasteiger partial charge >= 0.3 is 5.97 Å². The van der Waals surface area contributed by atoms with Crippen LogP contribution in [0.5, 0.6) is 0 Å². The van der Waals surface area contributed by atoms with Crippen LogP contribution < -0.4 is 0 Å². The lowest BCUT2D eigenvalue weighted by Crippen LogP contribution is -2.34. The van der Waals surface area contributed by atoms with Crippen molar-refractivity contribution in [2.24, 2.45) is 17.8 Å². The predicted molar refractivity (Wildman–Crippen MR) is 74.7 cm³/mol. The Morgan fingerprint density at radius 2 is 1.89 bits per heavy atom. The lowest BCUT2D eigenvalue weighted by Gasteiger charge is -2.27. The van der Waals surface area contributed by atoms with E-state index in [-0.39, 0.29) is 11.8 Å². The summed E-state index contributed by atoms with van der Waals surface area (Å²) in [4.78, 5) is 13.4. The molecule has 1 rings (SSSR count). The second kappa shape index (κ2) is 7.78. The predicted octanol–water partition coefficient (Wildman–Crippen LogP) is 3.25. The number of carboxylic acids is 1. The minimum Gasteiger partial charge on any atom is -0.481 e. The monoisotopic (exact) mass is 255 g/mol. The minimum absolute atomic E-state index is 0.208. The topological polar surface area (TPSA) is 40.5 Å². The van der Waals surface area contributed by atoms with E-state index in [4.69, 9.17) is 0 Å². The molecule has 18 heavy (non-hydrogen) atoms. The van der Waals surface area contributed by atoms with Crippen LogP contribution in [-0.2, 0) is 4.79 Å². The number of hydrogen-bond donors (Lipinski definition) is 1. The molecule has 0 aromatic rings. The van der Waals surface area contributed by atoms with Gasteiger partial charge in [-0.15, -0.1) is 0 Å². The number of carbonyl (C=O) groups is 1. The summed E-state index contributed by atoms with van der Waals surface area (Å²) >= 11 is 0. The maximum absolute atomic E-state index is 11.2. The second-order valence-electron chi connectivity index (χ2n) is 6.24. The van der Waals surface area contributed by atoms with E-state index in [1.54, 1.807) is 0 Å². The molecule has 3 heteroatoms. The zero-order chi connectivity index (χ0) is 13.5. The summed E-state index contributed by atoms with van der Waals surface area (Å²) in [7, 11) is 2.06. The van der Waals surface area contributed by atoms with Gasteiger partial charge in [-0.2, -0.15) is 0 Å². The van der Waals surface area contributed by atoms with Gasteiger partial charge in [0, 0.05) is 6.54 Å². The molecule has 0 radical (unpaired) electrons. The highest BCUT2D eigenvalue weighted by atomic mass is 16.4. The van der Waals surface area contributed by atoms with Gasteiger partial charge in [-0.3, -0.25) is 4.79 Å². The molecule has 0 spiro atoms. The first-order chi connectivity index (χ1) is 8.50. The third-order valence-electron chi connectivity index (χ3n) is 4.27. The molecule has 1 saturated carbocycles. The van der Waals surface area contributed by atoms with E-state index in [1.807, 2.05) is 13.8 Å². The maximum atomic E-state index is 11.2. The summed E-state index contributed by atoms with van der Waals surface area (Å²) < 4.78 is 0. The third-order valence-corrected chi connectivity index (χ3v) is 4.27. The van der Waals surface area contributed by atoms with Crippen LogP contribution in [0, 0.1) is 17.8 Å². The van der Waals surface area contributed by atoms with Gasteiger partial charge in [0.25, 0.3) is 0 Å². The van der Waals surface area contributed by atoms with Gasteiger partial charge in [0.2, 0.25) is 0 Å². The molecule has 0 aromatic heterocycles. The first-order valence-electron chi connectivity index (χ1n) is 7.42. The van der Waals surface area contributed by atoms with E-state index < -0.39 is 5.97 Å². The van der Waals surface area contributed by atoms with Crippen LogP contribution in [0.15, 0.2) is 0 Å². The maximum Gasteiger partial charge on any atom is 0.308 e. The highest BCUT2D eigenvalue weighted by Crippen LogP contribution is 2.26. The molecule has 0 saturated heterocycles. The highest BCUT2D eigenvalue weighted by molar-refractivity contribution is 5.70. The first-order valence-corrected chi connectivity index (χ1v) is 7.42. The Kier molecular flexibility index (Phi) is 6.69. The highest BCUT2D eigenvalue weighted by Gasteiger charge is 2.23. The molecule has 0 bridgehead atoms. The Labute approximate surface area is 112 Å². The zero-order valence-corrected chi connectivity index (χ0v) is 12.2. The molecule has 0 aromatic carbocycles. The molecule has 0 aliphatic heterocycles. The van der Waals surface area contributed by atoms with Crippen molar-refractivity contribution in [3.63, 3.8) is 0 Å². The standard InChI is InChI=1S/C15H29NO2/c1-12(2)14(15(17)18)11-16(3)10-9-13-7-5-4-6-8-13/h12-14H,4-11H2,1-3H3,(H,17,18). The number of aliphatic carboxylic acids is 1. The first kappa shape index (κ1) is 15.5. The Bertz CT molecular complexity index is 247. The van der Waals surface area contributed by atoms with Crippen molar-refractivity contribution in [3.8, 4) is 0 Å². The summed E-state index contributed by atoms with van der Waals surface area (Å²) in [5.41, 5.74) is 0. The van der Waals surface area contributed by atoms with Gasteiger partial charge < -0.3 is 10.0 Å².